The lowest BCUT2D eigenvalue weighted by atomic mass is 10.1. The van der Waals surface area contributed by atoms with Crippen LogP contribution in [0, 0.1) is 0 Å². The summed E-state index contributed by atoms with van der Waals surface area (Å²) in [5, 5.41) is 36.3. The van der Waals surface area contributed by atoms with Gasteiger partial charge in [0.1, 0.15) is 22.0 Å². The molecule has 10 rings (SSSR count). The van der Waals surface area contributed by atoms with Crippen LogP contribution < -0.4 is 31.6 Å². The molecular formula is C58H76N16O5. The van der Waals surface area contributed by atoms with Crippen molar-refractivity contribution in [3.05, 3.63) is 155 Å². The number of aromatic nitrogens is 10. The van der Waals surface area contributed by atoms with Gasteiger partial charge in [-0.1, -0.05) is 31.7 Å². The van der Waals surface area contributed by atoms with Gasteiger partial charge in [0.25, 0.3) is 11.1 Å². The van der Waals surface area contributed by atoms with Crippen LogP contribution in [0.4, 0.5) is 34.6 Å². The zero-order valence-corrected chi connectivity index (χ0v) is 45.9. The molecule has 2 aliphatic rings. The van der Waals surface area contributed by atoms with Gasteiger partial charge in [-0.2, -0.15) is 9.97 Å². The molecule has 0 bridgehead atoms. The minimum absolute atomic E-state index is 0. The van der Waals surface area contributed by atoms with E-state index in [2.05, 4.69) is 102 Å². The number of rotatable bonds is 14. The minimum Gasteiger partial charge on any atom is -0.394 e. The molecule has 0 atom stereocenters. The quantitative estimate of drug-likeness (QED) is 0.0706. The molecule has 0 amide bonds. The van der Waals surface area contributed by atoms with Crippen molar-refractivity contribution >= 4 is 56.7 Å². The number of hydrogen-bond donors (Lipinski definition) is 5. The number of nitrogens with zero attached hydrogens (tertiary/aromatic N) is 14. The van der Waals surface area contributed by atoms with Gasteiger partial charge in [0.2, 0.25) is 11.9 Å². The van der Waals surface area contributed by atoms with Crippen LogP contribution in [0.5, 0.6) is 0 Å². The summed E-state index contributed by atoms with van der Waals surface area (Å²) < 4.78 is 6.32. The van der Waals surface area contributed by atoms with Gasteiger partial charge in [0.05, 0.1) is 24.5 Å². The highest BCUT2D eigenvalue weighted by atomic mass is 16.3. The highest BCUT2D eigenvalue weighted by Gasteiger charge is 2.24. The number of aliphatic hydroxyl groups is 3. The van der Waals surface area contributed by atoms with Crippen LogP contribution in [0.1, 0.15) is 60.4 Å². The van der Waals surface area contributed by atoms with E-state index in [1.807, 2.05) is 24.3 Å². The predicted octanol–water partition coefficient (Wildman–Crippen LogP) is 6.80. The summed E-state index contributed by atoms with van der Waals surface area (Å²) in [4.78, 5) is 63.2. The Morgan fingerprint density at radius 2 is 0.911 bits per heavy atom. The third-order valence-corrected chi connectivity index (χ3v) is 13.1. The van der Waals surface area contributed by atoms with Crippen LogP contribution in [0.2, 0.25) is 0 Å². The fourth-order valence-corrected chi connectivity index (χ4v) is 8.88. The van der Waals surface area contributed by atoms with Crippen LogP contribution in [-0.4, -0.2) is 146 Å². The largest absolute Gasteiger partial charge is 0.394 e. The van der Waals surface area contributed by atoms with Gasteiger partial charge in [0.15, 0.2) is 22.9 Å². The first-order valence-corrected chi connectivity index (χ1v) is 26.1. The van der Waals surface area contributed by atoms with Gasteiger partial charge in [-0.25, -0.2) is 38.7 Å². The van der Waals surface area contributed by atoms with E-state index >= 15 is 0 Å². The third kappa shape index (κ3) is 14.0. The summed E-state index contributed by atoms with van der Waals surface area (Å²) in [5.74, 6) is 1.66. The second-order valence-corrected chi connectivity index (χ2v) is 20.7. The van der Waals surface area contributed by atoms with Gasteiger partial charge >= 0.3 is 0 Å². The number of allylic oxidation sites excluding steroid dienone is 2. The molecule has 0 spiro atoms. The molecule has 0 aliphatic carbocycles. The van der Waals surface area contributed by atoms with Crippen molar-refractivity contribution in [2.75, 3.05) is 86.9 Å². The fourth-order valence-electron chi connectivity index (χ4n) is 8.88. The van der Waals surface area contributed by atoms with Gasteiger partial charge in [-0.05, 0) is 128 Å². The van der Waals surface area contributed by atoms with Gasteiger partial charge in [0, 0.05) is 93.6 Å². The summed E-state index contributed by atoms with van der Waals surface area (Å²) in [6.07, 6.45) is 6.18. The van der Waals surface area contributed by atoms with Gasteiger partial charge in [-0.3, -0.25) is 9.59 Å². The zero-order valence-electron chi connectivity index (χ0n) is 45.9. The second kappa shape index (κ2) is 25.1. The first-order valence-electron chi connectivity index (χ1n) is 26.1. The van der Waals surface area contributed by atoms with Crippen molar-refractivity contribution in [3.63, 3.8) is 0 Å². The van der Waals surface area contributed by atoms with E-state index in [0.717, 1.165) is 63.7 Å². The number of pyridine rings is 2. The number of hydrogen-bond acceptors (Lipinski definition) is 17. The summed E-state index contributed by atoms with van der Waals surface area (Å²) >= 11 is 0. The van der Waals surface area contributed by atoms with E-state index < -0.39 is 11.2 Å². The fraction of sp³-hybridized carbons (Fsp3) is 0.379. The lowest BCUT2D eigenvalue weighted by Gasteiger charge is -2.34. The SMILES string of the molecule is C.C=CCn1c(=O)c2cnc(Nc3ccc(N4CCN(C)CC4)cc3)nc2n1-c1cccc(C(C)(C)O)n1.C=CCn1c(=O)c2cnc(Nc3ccc(N4CCN(C)CC4)cc3)nc2n1-c1cccc(C(C)(C)O)n1.CC(C)O. The summed E-state index contributed by atoms with van der Waals surface area (Å²) in [6, 6.07) is 27.0. The molecular weight excluding hydrogens is 1000 g/mol. The molecule has 2 aromatic carbocycles. The van der Waals surface area contributed by atoms with E-state index in [-0.39, 0.29) is 37.7 Å². The Hall–Kier alpha value is -8.08. The number of anilines is 6. The molecule has 2 aliphatic heterocycles. The van der Waals surface area contributed by atoms with Crippen LogP contribution in [0.3, 0.4) is 0 Å². The summed E-state index contributed by atoms with van der Waals surface area (Å²) in [6.45, 7) is 26.4. The average Bonchev–Trinajstić information content (AvgIpc) is 3.87. The molecule has 79 heavy (non-hydrogen) atoms. The van der Waals surface area contributed by atoms with Crippen molar-refractivity contribution in [1.82, 2.24) is 58.4 Å². The van der Waals surface area contributed by atoms with Crippen LogP contribution in [0.15, 0.2) is 132 Å². The van der Waals surface area contributed by atoms with E-state index in [1.54, 1.807) is 99.5 Å². The number of likely N-dealkylation sites (N-methyl/N-ethyl adjacent to an activating group) is 2. The van der Waals surface area contributed by atoms with Gasteiger partial charge in [-0.15, -0.1) is 13.2 Å². The molecule has 418 valence electrons. The number of fused-ring (bicyclic) bond motifs is 2. The molecule has 0 radical (unpaired) electrons. The lowest BCUT2D eigenvalue weighted by Crippen LogP contribution is -2.44. The highest BCUT2D eigenvalue weighted by Crippen LogP contribution is 2.26. The van der Waals surface area contributed by atoms with Crippen molar-refractivity contribution in [2.45, 2.75) is 79.4 Å². The average molecular weight is 1080 g/mol. The highest BCUT2D eigenvalue weighted by molar-refractivity contribution is 5.78. The molecule has 8 heterocycles. The number of nitrogens with one attached hydrogen (secondary N) is 2. The normalized spacial score (nSPS) is 14.3. The maximum atomic E-state index is 13.2. The van der Waals surface area contributed by atoms with Crippen LogP contribution in [-0.2, 0) is 24.3 Å². The molecule has 21 heteroatoms. The minimum atomic E-state index is -1.14. The maximum absolute atomic E-state index is 13.2. The molecule has 6 aromatic heterocycles. The van der Waals surface area contributed by atoms with E-state index in [9.17, 15) is 19.8 Å². The van der Waals surface area contributed by atoms with Crippen molar-refractivity contribution in [3.8, 4) is 11.6 Å². The first kappa shape index (κ1) is 58.6. The van der Waals surface area contributed by atoms with E-state index in [0.29, 0.717) is 57.0 Å². The second-order valence-electron chi connectivity index (χ2n) is 20.7. The summed E-state index contributed by atoms with van der Waals surface area (Å²) in [5.41, 5.74) is 3.10. The monoisotopic (exact) mass is 1080 g/mol. The maximum Gasteiger partial charge on any atom is 0.278 e. The summed E-state index contributed by atoms with van der Waals surface area (Å²) in [7, 11) is 4.29. The van der Waals surface area contributed by atoms with Crippen molar-refractivity contribution in [1.29, 1.82) is 0 Å². The standard InChI is InChI=1S/2C27H32N8O2.C3H8O.CH4/c2*1-5-13-34-25(36)21-18-28-26(29-19-9-11-20(12-10-19)33-16-14-32(4)15-17-33)31-24(21)35(34)23-8-6-7-22(30-23)27(2,3)37;1-3(2)4;/h2*5-12,18,37H,1,13-17H2,2-4H3,(H,28,29,31);3-4H,1-2H3;1H4. The molecule has 0 unspecified atom stereocenters. The van der Waals surface area contributed by atoms with Crippen LogP contribution in [0.25, 0.3) is 33.7 Å². The lowest BCUT2D eigenvalue weighted by molar-refractivity contribution is 0.0733. The smallest absolute Gasteiger partial charge is 0.278 e. The van der Waals surface area contributed by atoms with Crippen molar-refractivity contribution in [2.24, 2.45) is 0 Å². The molecule has 5 N–H and O–H groups in total. The number of benzene rings is 2. The zero-order chi connectivity index (χ0) is 55.9. The third-order valence-electron chi connectivity index (χ3n) is 13.1. The Morgan fingerprint density at radius 3 is 1.23 bits per heavy atom. The first-order chi connectivity index (χ1) is 37.2. The Kier molecular flexibility index (Phi) is 18.7. The molecule has 8 aromatic rings. The molecule has 2 fully saturated rings. The Labute approximate surface area is 461 Å². The molecule has 0 saturated carbocycles. The Morgan fingerprint density at radius 1 is 0.570 bits per heavy atom. The predicted molar refractivity (Wildman–Crippen MR) is 316 cm³/mol. The van der Waals surface area contributed by atoms with Crippen molar-refractivity contribution < 1.29 is 15.3 Å². The molecule has 21 nitrogen and oxygen atoms in total. The number of piperazine rings is 2. The van der Waals surface area contributed by atoms with E-state index in [4.69, 9.17) is 15.1 Å². The Balaban J connectivity index is 0.000000212. The van der Waals surface area contributed by atoms with Gasteiger partial charge < -0.3 is 45.6 Å². The van der Waals surface area contributed by atoms with Crippen LogP contribution >= 0.6 is 0 Å². The Bertz CT molecular complexity index is 3230. The number of aliphatic hydroxyl groups excluding tert-OH is 1. The topological polar surface area (TPSA) is 229 Å². The van der Waals surface area contributed by atoms with E-state index in [1.165, 1.54) is 33.1 Å². The molecule has 2 saturated heterocycles.